The number of carbonyl (C=O) groups is 1. The third kappa shape index (κ3) is 3.66. The highest BCUT2D eigenvalue weighted by atomic mass is 32.2. The molecule has 1 saturated heterocycles. The molecule has 1 amide bonds. The molecule has 0 aromatic carbocycles. The van der Waals surface area contributed by atoms with Gasteiger partial charge in [0.2, 0.25) is 15.9 Å². The zero-order chi connectivity index (χ0) is 13.8. The van der Waals surface area contributed by atoms with E-state index in [1.807, 2.05) is 0 Å². The van der Waals surface area contributed by atoms with E-state index >= 15 is 0 Å². The molecule has 6 nitrogen and oxygen atoms in total. The minimum atomic E-state index is -3.52. The van der Waals surface area contributed by atoms with Gasteiger partial charge in [0.1, 0.15) is 0 Å². The Morgan fingerprint density at radius 3 is 2.39 bits per heavy atom. The van der Waals surface area contributed by atoms with E-state index in [1.54, 1.807) is 18.7 Å². The predicted octanol–water partition coefficient (Wildman–Crippen LogP) is -0.346. The number of likely N-dealkylation sites (tertiary alicyclic amines) is 1. The van der Waals surface area contributed by atoms with Crippen molar-refractivity contribution in [3.63, 3.8) is 0 Å². The van der Waals surface area contributed by atoms with E-state index in [4.69, 9.17) is 5.73 Å². The van der Waals surface area contributed by atoms with Gasteiger partial charge in [-0.15, -0.1) is 0 Å². The monoisotopic (exact) mass is 277 g/mol. The Bertz CT molecular complexity index is 373. The van der Waals surface area contributed by atoms with E-state index < -0.39 is 21.3 Å². The van der Waals surface area contributed by atoms with Crippen LogP contribution in [0.5, 0.6) is 0 Å². The van der Waals surface area contributed by atoms with E-state index in [2.05, 4.69) is 4.72 Å². The van der Waals surface area contributed by atoms with Gasteiger partial charge in [-0.1, -0.05) is 6.92 Å². The highest BCUT2D eigenvalue weighted by Crippen LogP contribution is 2.10. The van der Waals surface area contributed by atoms with Crippen LogP contribution >= 0.6 is 0 Å². The maximum Gasteiger partial charge on any atom is 0.240 e. The molecule has 0 aliphatic carbocycles. The first kappa shape index (κ1) is 15.4. The van der Waals surface area contributed by atoms with Crippen LogP contribution in [0.4, 0.5) is 0 Å². The predicted molar refractivity (Wildman–Crippen MR) is 70.5 cm³/mol. The van der Waals surface area contributed by atoms with Crippen molar-refractivity contribution in [3.05, 3.63) is 0 Å². The third-order valence-electron chi connectivity index (χ3n) is 3.29. The molecule has 106 valence electrons. The molecule has 1 heterocycles. The smallest absolute Gasteiger partial charge is 0.240 e. The molecule has 1 rings (SSSR count). The van der Waals surface area contributed by atoms with Gasteiger partial charge in [-0.25, -0.2) is 13.1 Å². The minimum Gasteiger partial charge on any atom is -0.341 e. The van der Waals surface area contributed by atoms with E-state index in [9.17, 15) is 13.2 Å². The number of hydrogen-bond donors (Lipinski definition) is 2. The van der Waals surface area contributed by atoms with Crippen molar-refractivity contribution < 1.29 is 13.2 Å². The highest BCUT2D eigenvalue weighted by molar-refractivity contribution is 7.90. The summed E-state index contributed by atoms with van der Waals surface area (Å²) >= 11 is 0. The molecule has 0 spiro atoms. The standard InChI is InChI=1S/C11H23N3O3S/c1-3-10(8-12)18(16,17)13-9(2)11(15)14-6-4-5-7-14/h9-10,13H,3-8,12H2,1-2H3. The van der Waals surface area contributed by atoms with Crippen molar-refractivity contribution in [2.24, 2.45) is 5.73 Å². The zero-order valence-electron chi connectivity index (χ0n) is 11.1. The van der Waals surface area contributed by atoms with Crippen LogP contribution in [0.15, 0.2) is 0 Å². The first-order chi connectivity index (χ1) is 8.42. The fourth-order valence-corrected chi connectivity index (χ4v) is 3.60. The Labute approximate surface area is 109 Å². The fourth-order valence-electron chi connectivity index (χ4n) is 2.12. The normalized spacial score (nSPS) is 19.8. The van der Waals surface area contributed by atoms with Crippen LogP contribution in [-0.4, -0.2) is 50.2 Å². The first-order valence-corrected chi connectivity index (χ1v) is 7.97. The molecular weight excluding hydrogens is 254 g/mol. The number of carbonyl (C=O) groups excluding carboxylic acids is 1. The number of hydrogen-bond acceptors (Lipinski definition) is 4. The Morgan fingerprint density at radius 1 is 1.39 bits per heavy atom. The summed E-state index contributed by atoms with van der Waals surface area (Å²) in [5.41, 5.74) is 5.43. The quantitative estimate of drug-likeness (QED) is 0.694. The summed E-state index contributed by atoms with van der Waals surface area (Å²) in [5, 5.41) is -0.633. The topological polar surface area (TPSA) is 92.5 Å². The second kappa shape index (κ2) is 6.49. The molecule has 1 aliphatic rings. The molecule has 1 aliphatic heterocycles. The number of nitrogens with two attached hydrogens (primary N) is 1. The molecule has 1 fully saturated rings. The molecule has 0 saturated carbocycles. The van der Waals surface area contributed by atoms with Gasteiger partial charge in [0.25, 0.3) is 0 Å². The van der Waals surface area contributed by atoms with Crippen LogP contribution in [0, 0.1) is 0 Å². The van der Waals surface area contributed by atoms with Crippen LogP contribution in [0.3, 0.4) is 0 Å². The molecule has 0 radical (unpaired) electrons. The molecule has 18 heavy (non-hydrogen) atoms. The van der Waals surface area contributed by atoms with Gasteiger partial charge >= 0.3 is 0 Å². The summed E-state index contributed by atoms with van der Waals surface area (Å²) in [7, 11) is -3.52. The van der Waals surface area contributed by atoms with Crippen LogP contribution < -0.4 is 10.5 Å². The van der Waals surface area contributed by atoms with Crippen LogP contribution in [-0.2, 0) is 14.8 Å². The Balaban J connectivity index is 2.62. The lowest BCUT2D eigenvalue weighted by atomic mass is 10.3. The number of sulfonamides is 1. The molecule has 2 unspecified atom stereocenters. The van der Waals surface area contributed by atoms with Gasteiger partial charge in [0.15, 0.2) is 0 Å². The first-order valence-electron chi connectivity index (χ1n) is 6.42. The van der Waals surface area contributed by atoms with Gasteiger partial charge < -0.3 is 10.6 Å². The summed E-state index contributed by atoms with van der Waals surface area (Å²) in [6, 6.07) is -0.714. The van der Waals surface area contributed by atoms with Crippen molar-refractivity contribution in [2.75, 3.05) is 19.6 Å². The Hall–Kier alpha value is -0.660. The van der Waals surface area contributed by atoms with Crippen molar-refractivity contribution in [2.45, 2.75) is 44.4 Å². The van der Waals surface area contributed by atoms with Gasteiger partial charge in [-0.2, -0.15) is 0 Å². The SMILES string of the molecule is CCC(CN)S(=O)(=O)NC(C)C(=O)N1CCCC1. The number of nitrogens with one attached hydrogen (secondary N) is 1. The second-order valence-corrected chi connectivity index (χ2v) is 6.68. The molecule has 3 N–H and O–H groups in total. The number of amides is 1. The minimum absolute atomic E-state index is 0.0659. The Morgan fingerprint density at radius 2 is 1.94 bits per heavy atom. The molecule has 0 aromatic heterocycles. The zero-order valence-corrected chi connectivity index (χ0v) is 11.9. The van der Waals surface area contributed by atoms with Gasteiger partial charge in [0, 0.05) is 19.6 Å². The molecule has 0 bridgehead atoms. The van der Waals surface area contributed by atoms with E-state index in [0.29, 0.717) is 6.42 Å². The summed E-state index contributed by atoms with van der Waals surface area (Å²) in [5.74, 6) is -0.150. The summed E-state index contributed by atoms with van der Waals surface area (Å²) in [6.07, 6.45) is 2.42. The van der Waals surface area contributed by atoms with Crippen molar-refractivity contribution in [1.29, 1.82) is 0 Å². The lowest BCUT2D eigenvalue weighted by molar-refractivity contribution is -0.131. The molecular formula is C11H23N3O3S. The largest absolute Gasteiger partial charge is 0.341 e. The van der Waals surface area contributed by atoms with Crippen molar-refractivity contribution >= 4 is 15.9 Å². The van der Waals surface area contributed by atoms with Crippen molar-refractivity contribution in [3.8, 4) is 0 Å². The lowest BCUT2D eigenvalue weighted by Crippen LogP contribution is -2.49. The van der Waals surface area contributed by atoms with Gasteiger partial charge in [0.05, 0.1) is 11.3 Å². The maximum atomic E-state index is 12.0. The lowest BCUT2D eigenvalue weighted by Gasteiger charge is -2.23. The Kier molecular flexibility index (Phi) is 5.55. The molecule has 0 aromatic rings. The maximum absolute atomic E-state index is 12.0. The van der Waals surface area contributed by atoms with Crippen LogP contribution in [0.25, 0.3) is 0 Å². The fraction of sp³-hybridized carbons (Fsp3) is 0.909. The van der Waals surface area contributed by atoms with E-state index in [1.165, 1.54) is 0 Å². The van der Waals surface area contributed by atoms with Gasteiger partial charge in [-0.05, 0) is 26.2 Å². The van der Waals surface area contributed by atoms with Gasteiger partial charge in [-0.3, -0.25) is 4.79 Å². The summed E-state index contributed by atoms with van der Waals surface area (Å²) in [4.78, 5) is 13.7. The van der Waals surface area contributed by atoms with Crippen molar-refractivity contribution in [1.82, 2.24) is 9.62 Å². The summed E-state index contributed by atoms with van der Waals surface area (Å²) < 4.78 is 26.4. The van der Waals surface area contributed by atoms with Crippen LogP contribution in [0.1, 0.15) is 33.1 Å². The average Bonchev–Trinajstić information content (AvgIpc) is 2.81. The number of rotatable bonds is 6. The average molecular weight is 277 g/mol. The molecule has 7 heteroatoms. The summed E-state index contributed by atoms with van der Waals surface area (Å²) in [6.45, 7) is 4.86. The van der Waals surface area contributed by atoms with E-state index in [-0.39, 0.29) is 12.5 Å². The van der Waals surface area contributed by atoms with E-state index in [0.717, 1.165) is 25.9 Å². The third-order valence-corrected chi connectivity index (χ3v) is 5.37. The molecule has 2 atom stereocenters. The van der Waals surface area contributed by atoms with Crippen LogP contribution in [0.2, 0.25) is 0 Å². The highest BCUT2D eigenvalue weighted by Gasteiger charge is 2.29. The second-order valence-electron chi connectivity index (χ2n) is 4.68. The number of nitrogens with zero attached hydrogens (tertiary/aromatic N) is 1.